The third-order valence-corrected chi connectivity index (χ3v) is 3.86. The number of rotatable bonds is 3. The van der Waals surface area contributed by atoms with E-state index in [1.807, 2.05) is 27.7 Å². The van der Waals surface area contributed by atoms with Crippen LogP contribution >= 0.6 is 11.6 Å². The Kier molecular flexibility index (Phi) is 4.02. The van der Waals surface area contributed by atoms with Crippen molar-refractivity contribution >= 4 is 24.2 Å². The van der Waals surface area contributed by atoms with Gasteiger partial charge >= 0.3 is 13.7 Å². The van der Waals surface area contributed by atoms with Gasteiger partial charge in [-0.2, -0.15) is 8.78 Å². The quantitative estimate of drug-likeness (QED) is 0.802. The van der Waals surface area contributed by atoms with Crippen LogP contribution in [0.1, 0.15) is 27.7 Å². The Labute approximate surface area is 122 Å². The second kappa shape index (κ2) is 5.17. The fourth-order valence-corrected chi connectivity index (χ4v) is 2.10. The van der Waals surface area contributed by atoms with E-state index in [2.05, 4.69) is 4.74 Å². The molecule has 2 rings (SSSR count). The second-order valence-corrected chi connectivity index (χ2v) is 6.12. The molecule has 0 spiro atoms. The van der Waals surface area contributed by atoms with Crippen molar-refractivity contribution in [1.82, 2.24) is 0 Å². The first-order chi connectivity index (χ1) is 9.10. The zero-order valence-electron chi connectivity index (χ0n) is 11.7. The lowest BCUT2D eigenvalue weighted by atomic mass is 9.79. The van der Waals surface area contributed by atoms with Crippen molar-refractivity contribution in [2.75, 3.05) is 0 Å². The first kappa shape index (κ1) is 15.5. The molecular weight excluding hydrogens is 288 g/mol. The van der Waals surface area contributed by atoms with Crippen LogP contribution in [0.2, 0.25) is 5.02 Å². The van der Waals surface area contributed by atoms with Crippen LogP contribution in [0, 0.1) is 0 Å². The molecular formula is C13H16BClF2O3. The summed E-state index contributed by atoms with van der Waals surface area (Å²) in [6.07, 6.45) is 0. The van der Waals surface area contributed by atoms with Crippen molar-refractivity contribution in [1.29, 1.82) is 0 Å². The van der Waals surface area contributed by atoms with E-state index in [4.69, 9.17) is 20.9 Å². The maximum atomic E-state index is 12.3. The molecule has 0 bridgehead atoms. The van der Waals surface area contributed by atoms with Crippen LogP contribution in [0.15, 0.2) is 18.2 Å². The van der Waals surface area contributed by atoms with E-state index in [1.54, 1.807) is 6.07 Å². The Hall–Kier alpha value is -0.845. The van der Waals surface area contributed by atoms with Gasteiger partial charge in [-0.05, 0) is 51.4 Å². The molecule has 1 aliphatic heterocycles. The standard InChI is InChI=1S/C13H16BClF2O3/c1-12(2)13(3,4)20-14(19-12)8-5-9(15)7-10(6-8)18-11(16)17/h5-7,11H,1-4H3. The summed E-state index contributed by atoms with van der Waals surface area (Å²) in [4.78, 5) is 0. The lowest BCUT2D eigenvalue weighted by Gasteiger charge is -2.32. The topological polar surface area (TPSA) is 27.7 Å². The maximum Gasteiger partial charge on any atom is 0.495 e. The summed E-state index contributed by atoms with van der Waals surface area (Å²) in [5.74, 6) is -0.0165. The number of ether oxygens (including phenoxy) is 1. The van der Waals surface area contributed by atoms with E-state index < -0.39 is 24.9 Å². The number of benzene rings is 1. The molecule has 110 valence electrons. The molecule has 0 radical (unpaired) electrons. The SMILES string of the molecule is CC1(C)OB(c2cc(Cl)cc(OC(F)F)c2)OC1(C)C. The molecule has 0 amide bonds. The van der Waals surface area contributed by atoms with Crippen LogP contribution in [0.4, 0.5) is 8.78 Å². The molecule has 1 aromatic rings. The molecule has 1 aromatic carbocycles. The Morgan fingerprint density at radius 1 is 1.10 bits per heavy atom. The molecule has 1 saturated heterocycles. The average Bonchev–Trinajstić information content (AvgIpc) is 2.46. The Morgan fingerprint density at radius 3 is 2.15 bits per heavy atom. The van der Waals surface area contributed by atoms with Crippen LogP contribution in [0.3, 0.4) is 0 Å². The van der Waals surface area contributed by atoms with Gasteiger partial charge in [-0.25, -0.2) is 0 Å². The summed E-state index contributed by atoms with van der Waals surface area (Å²) in [7, 11) is -0.668. The molecule has 7 heteroatoms. The number of alkyl halides is 2. The maximum absolute atomic E-state index is 12.3. The Morgan fingerprint density at radius 2 is 1.65 bits per heavy atom. The zero-order chi connectivity index (χ0) is 15.1. The monoisotopic (exact) mass is 304 g/mol. The smallest absolute Gasteiger partial charge is 0.435 e. The largest absolute Gasteiger partial charge is 0.495 e. The molecule has 0 atom stereocenters. The first-order valence-electron chi connectivity index (χ1n) is 6.22. The highest BCUT2D eigenvalue weighted by Gasteiger charge is 2.51. The van der Waals surface area contributed by atoms with Gasteiger partial charge in [-0.1, -0.05) is 11.6 Å². The number of hydrogen-bond acceptors (Lipinski definition) is 3. The minimum Gasteiger partial charge on any atom is -0.435 e. The van der Waals surface area contributed by atoms with E-state index in [0.717, 1.165) is 0 Å². The predicted octanol–water partition coefficient (Wildman–Crippen LogP) is 3.24. The van der Waals surface area contributed by atoms with Gasteiger partial charge in [-0.15, -0.1) is 0 Å². The first-order valence-corrected chi connectivity index (χ1v) is 6.59. The molecule has 0 aliphatic carbocycles. The minimum absolute atomic E-state index is 0.0165. The van der Waals surface area contributed by atoms with Crippen LogP contribution in [0.5, 0.6) is 5.75 Å². The van der Waals surface area contributed by atoms with Gasteiger partial charge in [0.2, 0.25) is 0 Å². The highest BCUT2D eigenvalue weighted by atomic mass is 35.5. The third kappa shape index (κ3) is 3.08. The van der Waals surface area contributed by atoms with Crippen LogP contribution in [0.25, 0.3) is 0 Å². The van der Waals surface area contributed by atoms with Gasteiger partial charge in [-0.3, -0.25) is 0 Å². The highest BCUT2D eigenvalue weighted by molar-refractivity contribution is 6.62. The molecule has 3 nitrogen and oxygen atoms in total. The molecule has 0 unspecified atom stereocenters. The Bertz CT molecular complexity index is 492. The van der Waals surface area contributed by atoms with Crippen LogP contribution in [-0.2, 0) is 9.31 Å². The Balaban J connectivity index is 2.28. The van der Waals surface area contributed by atoms with Gasteiger partial charge in [0.05, 0.1) is 11.2 Å². The predicted molar refractivity (Wildman–Crippen MR) is 73.8 cm³/mol. The van der Waals surface area contributed by atoms with Crippen molar-refractivity contribution in [3.05, 3.63) is 23.2 Å². The third-order valence-electron chi connectivity index (χ3n) is 3.64. The van der Waals surface area contributed by atoms with Gasteiger partial charge in [0.15, 0.2) is 0 Å². The van der Waals surface area contributed by atoms with Crippen molar-refractivity contribution in [3.63, 3.8) is 0 Å². The molecule has 0 aromatic heterocycles. The van der Waals surface area contributed by atoms with Crippen molar-refractivity contribution < 1.29 is 22.8 Å². The normalized spacial score (nSPS) is 20.5. The van der Waals surface area contributed by atoms with Crippen LogP contribution < -0.4 is 10.2 Å². The summed E-state index contributed by atoms with van der Waals surface area (Å²) in [5, 5.41) is 0.285. The molecule has 20 heavy (non-hydrogen) atoms. The van der Waals surface area contributed by atoms with Gasteiger partial charge < -0.3 is 14.0 Å². The summed E-state index contributed by atoms with van der Waals surface area (Å²) >= 11 is 5.92. The molecule has 1 heterocycles. The zero-order valence-corrected chi connectivity index (χ0v) is 12.5. The van der Waals surface area contributed by atoms with E-state index in [9.17, 15) is 8.78 Å². The van der Waals surface area contributed by atoms with Crippen molar-refractivity contribution in [2.45, 2.75) is 45.5 Å². The van der Waals surface area contributed by atoms with E-state index in [1.165, 1.54) is 12.1 Å². The molecule has 0 N–H and O–H groups in total. The molecule has 1 fully saturated rings. The van der Waals surface area contributed by atoms with E-state index in [0.29, 0.717) is 5.46 Å². The van der Waals surface area contributed by atoms with Gasteiger partial charge in [0, 0.05) is 5.02 Å². The lowest BCUT2D eigenvalue weighted by Crippen LogP contribution is -2.41. The minimum atomic E-state index is -2.90. The van der Waals surface area contributed by atoms with Gasteiger partial charge in [0.25, 0.3) is 0 Å². The van der Waals surface area contributed by atoms with Crippen LogP contribution in [-0.4, -0.2) is 24.9 Å². The summed E-state index contributed by atoms with van der Waals surface area (Å²) in [6, 6.07) is 4.38. The lowest BCUT2D eigenvalue weighted by molar-refractivity contribution is -0.0498. The fraction of sp³-hybridized carbons (Fsp3) is 0.538. The van der Waals surface area contributed by atoms with E-state index >= 15 is 0 Å². The highest BCUT2D eigenvalue weighted by Crippen LogP contribution is 2.36. The molecule has 0 saturated carbocycles. The number of hydrogen-bond donors (Lipinski definition) is 0. The molecule has 1 aliphatic rings. The van der Waals surface area contributed by atoms with Crippen molar-refractivity contribution in [2.24, 2.45) is 0 Å². The van der Waals surface area contributed by atoms with Crippen molar-refractivity contribution in [3.8, 4) is 5.75 Å². The number of halogens is 3. The fourth-order valence-electron chi connectivity index (χ4n) is 1.87. The van der Waals surface area contributed by atoms with Gasteiger partial charge in [0.1, 0.15) is 5.75 Å². The second-order valence-electron chi connectivity index (χ2n) is 5.69. The summed E-state index contributed by atoms with van der Waals surface area (Å²) < 4.78 is 40.6. The summed E-state index contributed by atoms with van der Waals surface area (Å²) in [5.41, 5.74) is -0.472. The van der Waals surface area contributed by atoms with E-state index in [-0.39, 0.29) is 10.8 Å². The summed E-state index contributed by atoms with van der Waals surface area (Å²) in [6.45, 7) is 4.74. The average molecular weight is 305 g/mol.